The largest absolute Gasteiger partial charge is 0.468 e. The first-order valence-corrected chi connectivity index (χ1v) is 10.9. The third-order valence-corrected chi connectivity index (χ3v) is 5.92. The van der Waals surface area contributed by atoms with Gasteiger partial charge in [-0.1, -0.05) is 60.7 Å². The molecule has 1 fully saturated rings. The van der Waals surface area contributed by atoms with E-state index in [-0.39, 0.29) is 18.5 Å². The molecule has 1 heterocycles. The van der Waals surface area contributed by atoms with Crippen LogP contribution in [0.4, 0.5) is 4.79 Å². The summed E-state index contributed by atoms with van der Waals surface area (Å²) in [6, 6.07) is 19.1. The highest BCUT2D eigenvalue weighted by atomic mass is 16.5. The molecule has 0 saturated carbocycles. The Morgan fingerprint density at radius 2 is 1.59 bits per heavy atom. The lowest BCUT2D eigenvalue weighted by molar-refractivity contribution is -0.151. The van der Waals surface area contributed by atoms with Gasteiger partial charge in [0.2, 0.25) is 5.91 Å². The minimum Gasteiger partial charge on any atom is -0.468 e. The predicted molar refractivity (Wildman–Crippen MR) is 120 cm³/mol. The van der Waals surface area contributed by atoms with E-state index in [2.05, 4.69) is 5.32 Å². The first-order valence-electron chi connectivity index (χ1n) is 10.9. The van der Waals surface area contributed by atoms with E-state index in [0.29, 0.717) is 45.3 Å². The summed E-state index contributed by atoms with van der Waals surface area (Å²) in [5, 5.41) is 2.68. The Kier molecular flexibility index (Phi) is 8.25. The van der Waals surface area contributed by atoms with Crippen LogP contribution in [0.15, 0.2) is 60.7 Å². The number of carbonyl (C=O) groups is 3. The summed E-state index contributed by atoms with van der Waals surface area (Å²) in [4.78, 5) is 38.8. The van der Waals surface area contributed by atoms with Crippen molar-refractivity contribution in [2.45, 2.75) is 37.7 Å². The monoisotopic (exact) mass is 438 g/mol. The molecule has 0 aromatic heterocycles. The zero-order valence-corrected chi connectivity index (χ0v) is 18.4. The van der Waals surface area contributed by atoms with Crippen LogP contribution < -0.4 is 5.32 Å². The number of amides is 2. The van der Waals surface area contributed by atoms with E-state index in [1.54, 1.807) is 4.90 Å². The molecule has 2 aromatic rings. The van der Waals surface area contributed by atoms with Crippen molar-refractivity contribution < 1.29 is 23.9 Å². The lowest BCUT2D eigenvalue weighted by Crippen LogP contribution is -2.49. The molecule has 0 atom stereocenters. The van der Waals surface area contributed by atoms with Crippen molar-refractivity contribution in [1.29, 1.82) is 0 Å². The fraction of sp³-hybridized carbons (Fsp3) is 0.400. The Labute approximate surface area is 188 Å². The molecule has 3 rings (SSSR count). The van der Waals surface area contributed by atoms with Gasteiger partial charge in [-0.15, -0.1) is 0 Å². The van der Waals surface area contributed by atoms with E-state index in [4.69, 9.17) is 9.47 Å². The van der Waals surface area contributed by atoms with E-state index in [9.17, 15) is 14.4 Å². The molecule has 1 aliphatic rings. The van der Waals surface area contributed by atoms with Crippen LogP contribution in [-0.2, 0) is 31.1 Å². The first kappa shape index (κ1) is 23.3. The zero-order valence-electron chi connectivity index (χ0n) is 18.4. The standard InChI is InChI=1S/C25H30N2O5/c1-31-23(29)25(21-11-6-3-7-12-21)14-17-27(18-15-25)22(28)13-8-16-26-24(30)32-19-20-9-4-2-5-10-20/h2-7,9-12H,8,13-19H2,1H3,(H,26,30). The zero-order chi connectivity index (χ0) is 22.8. The van der Waals surface area contributed by atoms with Crippen molar-refractivity contribution in [2.75, 3.05) is 26.7 Å². The van der Waals surface area contributed by atoms with E-state index >= 15 is 0 Å². The fourth-order valence-corrected chi connectivity index (χ4v) is 4.06. The Morgan fingerprint density at radius 3 is 2.22 bits per heavy atom. The molecule has 7 nitrogen and oxygen atoms in total. The number of piperidine rings is 1. The summed E-state index contributed by atoms with van der Waals surface area (Å²) < 4.78 is 10.3. The number of methoxy groups -OCH3 is 1. The molecule has 7 heteroatoms. The fourth-order valence-electron chi connectivity index (χ4n) is 4.06. The summed E-state index contributed by atoms with van der Waals surface area (Å²) in [5.41, 5.74) is 1.13. The van der Waals surface area contributed by atoms with E-state index in [1.165, 1.54) is 7.11 Å². The minimum atomic E-state index is -0.711. The molecule has 0 bridgehead atoms. The van der Waals surface area contributed by atoms with E-state index in [1.807, 2.05) is 60.7 Å². The van der Waals surface area contributed by atoms with Gasteiger partial charge in [0.15, 0.2) is 0 Å². The molecule has 2 amide bonds. The second-order valence-electron chi connectivity index (χ2n) is 7.91. The average Bonchev–Trinajstić information content (AvgIpc) is 2.86. The Morgan fingerprint density at radius 1 is 0.969 bits per heavy atom. The molecule has 0 spiro atoms. The van der Waals surface area contributed by atoms with Gasteiger partial charge in [-0.25, -0.2) is 4.79 Å². The number of rotatable bonds is 8. The number of carbonyl (C=O) groups excluding carboxylic acids is 3. The highest BCUT2D eigenvalue weighted by Gasteiger charge is 2.44. The Bertz CT molecular complexity index is 893. The summed E-state index contributed by atoms with van der Waals surface area (Å²) in [7, 11) is 1.41. The van der Waals surface area contributed by atoms with Crippen LogP contribution in [-0.4, -0.2) is 49.6 Å². The third-order valence-electron chi connectivity index (χ3n) is 5.92. The number of hydrogen-bond donors (Lipinski definition) is 1. The molecule has 0 unspecified atom stereocenters. The van der Waals surface area contributed by atoms with Gasteiger partial charge in [0.05, 0.1) is 12.5 Å². The van der Waals surface area contributed by atoms with Gasteiger partial charge in [-0.05, 0) is 30.4 Å². The van der Waals surface area contributed by atoms with Gasteiger partial charge < -0.3 is 19.7 Å². The van der Waals surface area contributed by atoms with Crippen molar-refractivity contribution in [2.24, 2.45) is 0 Å². The van der Waals surface area contributed by atoms with Gasteiger partial charge in [0, 0.05) is 26.1 Å². The van der Waals surface area contributed by atoms with Crippen molar-refractivity contribution in [3.8, 4) is 0 Å². The molecule has 2 aromatic carbocycles. The molecular formula is C25H30N2O5. The van der Waals surface area contributed by atoms with Gasteiger partial charge in [0.25, 0.3) is 0 Å². The molecule has 170 valence electrons. The maximum absolute atomic E-state index is 12.6. The van der Waals surface area contributed by atoms with Crippen LogP contribution in [0.2, 0.25) is 0 Å². The van der Waals surface area contributed by atoms with Crippen LogP contribution in [0.5, 0.6) is 0 Å². The third kappa shape index (κ3) is 5.87. The van der Waals surface area contributed by atoms with Gasteiger partial charge in [0.1, 0.15) is 6.61 Å². The summed E-state index contributed by atoms with van der Waals surface area (Å²) in [6.45, 7) is 1.57. The van der Waals surface area contributed by atoms with Crippen LogP contribution >= 0.6 is 0 Å². The maximum Gasteiger partial charge on any atom is 0.407 e. The molecule has 0 aliphatic carbocycles. The number of hydrogen-bond acceptors (Lipinski definition) is 5. The van der Waals surface area contributed by atoms with Crippen LogP contribution in [0.3, 0.4) is 0 Å². The topological polar surface area (TPSA) is 84.9 Å². The smallest absolute Gasteiger partial charge is 0.407 e. The number of alkyl carbamates (subject to hydrolysis) is 1. The molecule has 1 aliphatic heterocycles. The second kappa shape index (κ2) is 11.3. The van der Waals surface area contributed by atoms with E-state index in [0.717, 1.165) is 11.1 Å². The Balaban J connectivity index is 1.40. The van der Waals surface area contributed by atoms with Gasteiger partial charge in [-0.3, -0.25) is 9.59 Å². The quantitative estimate of drug-likeness (QED) is 0.504. The molecule has 1 N–H and O–H groups in total. The lowest BCUT2D eigenvalue weighted by Gasteiger charge is -2.40. The SMILES string of the molecule is COC(=O)C1(c2ccccc2)CCN(C(=O)CCCNC(=O)OCc2ccccc2)CC1. The summed E-state index contributed by atoms with van der Waals surface area (Å²) in [5.74, 6) is -0.231. The highest BCUT2D eigenvalue weighted by Crippen LogP contribution is 2.37. The Hall–Kier alpha value is -3.35. The summed E-state index contributed by atoms with van der Waals surface area (Å²) >= 11 is 0. The molecule has 32 heavy (non-hydrogen) atoms. The number of nitrogens with one attached hydrogen (secondary N) is 1. The van der Waals surface area contributed by atoms with Crippen molar-refractivity contribution in [1.82, 2.24) is 10.2 Å². The van der Waals surface area contributed by atoms with Gasteiger partial charge in [-0.2, -0.15) is 0 Å². The van der Waals surface area contributed by atoms with Crippen LogP contribution in [0.25, 0.3) is 0 Å². The van der Waals surface area contributed by atoms with Crippen molar-refractivity contribution >= 4 is 18.0 Å². The van der Waals surface area contributed by atoms with E-state index < -0.39 is 11.5 Å². The summed E-state index contributed by atoms with van der Waals surface area (Å²) in [6.07, 6.45) is 1.41. The first-order chi connectivity index (χ1) is 15.5. The number of benzene rings is 2. The second-order valence-corrected chi connectivity index (χ2v) is 7.91. The van der Waals surface area contributed by atoms with Crippen molar-refractivity contribution in [3.05, 3.63) is 71.8 Å². The predicted octanol–water partition coefficient (Wildman–Crippen LogP) is 3.43. The van der Waals surface area contributed by atoms with Crippen LogP contribution in [0, 0.1) is 0 Å². The number of ether oxygens (including phenoxy) is 2. The van der Waals surface area contributed by atoms with Crippen molar-refractivity contribution in [3.63, 3.8) is 0 Å². The average molecular weight is 439 g/mol. The maximum atomic E-state index is 12.6. The molecule has 1 saturated heterocycles. The normalized spacial score (nSPS) is 15.0. The number of likely N-dealkylation sites (tertiary alicyclic amines) is 1. The number of esters is 1. The molecule has 0 radical (unpaired) electrons. The highest BCUT2D eigenvalue weighted by molar-refractivity contribution is 5.84. The molecular weight excluding hydrogens is 408 g/mol. The van der Waals surface area contributed by atoms with Gasteiger partial charge >= 0.3 is 12.1 Å². The minimum absolute atomic E-state index is 0.0241. The number of nitrogens with zero attached hydrogens (tertiary/aromatic N) is 1. The lowest BCUT2D eigenvalue weighted by atomic mass is 9.72. The van der Waals surface area contributed by atoms with Crippen LogP contribution in [0.1, 0.15) is 36.8 Å².